The molecule has 1 saturated carbocycles. The summed E-state index contributed by atoms with van der Waals surface area (Å²) in [6, 6.07) is 7.77. The first-order chi connectivity index (χ1) is 15.6. The molecule has 2 amide bonds. The molecule has 1 atom stereocenters. The van der Waals surface area contributed by atoms with Crippen molar-refractivity contribution in [3.63, 3.8) is 0 Å². The minimum Gasteiger partial charge on any atom is -0.349 e. The zero-order valence-electron chi connectivity index (χ0n) is 18.5. The highest BCUT2D eigenvalue weighted by Crippen LogP contribution is 2.25. The van der Waals surface area contributed by atoms with Crippen molar-refractivity contribution in [3.05, 3.63) is 59.7 Å². The lowest BCUT2D eigenvalue weighted by molar-refractivity contribution is -0.116. The Morgan fingerprint density at radius 1 is 1.03 bits per heavy atom. The van der Waals surface area contributed by atoms with Gasteiger partial charge in [-0.1, -0.05) is 31.4 Å². The minimum absolute atomic E-state index is 0.0722. The Kier molecular flexibility index (Phi) is 7.68. The number of carbonyl (C=O) groups excluding carboxylic acids is 2. The highest BCUT2D eigenvalue weighted by molar-refractivity contribution is 7.92. The summed E-state index contributed by atoms with van der Waals surface area (Å²) in [7, 11) is -4.03. The molecule has 33 heavy (non-hydrogen) atoms. The second-order valence-electron chi connectivity index (χ2n) is 8.18. The van der Waals surface area contributed by atoms with Crippen LogP contribution in [0.2, 0.25) is 0 Å². The highest BCUT2D eigenvalue weighted by atomic mass is 32.2. The molecule has 2 aromatic carbocycles. The zero-order chi connectivity index (χ0) is 24.2. The number of carbonyl (C=O) groups is 2. The molecule has 0 radical (unpaired) electrons. The number of nitrogens with one attached hydrogen (secondary N) is 2. The van der Waals surface area contributed by atoms with Crippen LogP contribution in [-0.4, -0.2) is 38.6 Å². The normalized spacial score (nSPS) is 15.5. The van der Waals surface area contributed by atoms with E-state index in [9.17, 15) is 26.8 Å². The lowest BCUT2D eigenvalue weighted by atomic mass is 9.95. The molecule has 1 fully saturated rings. The topological polar surface area (TPSA) is 95.6 Å². The van der Waals surface area contributed by atoms with E-state index in [1.54, 1.807) is 24.3 Å². The number of amides is 2. The van der Waals surface area contributed by atoms with Gasteiger partial charge in [-0.3, -0.25) is 13.9 Å². The van der Waals surface area contributed by atoms with Crippen LogP contribution >= 0.6 is 0 Å². The number of para-hydroxylation sites is 1. The van der Waals surface area contributed by atoms with Gasteiger partial charge in [-0.25, -0.2) is 17.2 Å². The van der Waals surface area contributed by atoms with Crippen LogP contribution in [0.1, 0.15) is 49.4 Å². The molecule has 1 aliphatic carbocycles. The molecule has 10 heteroatoms. The third kappa shape index (κ3) is 6.07. The van der Waals surface area contributed by atoms with Crippen molar-refractivity contribution in [2.24, 2.45) is 0 Å². The number of benzene rings is 2. The molecule has 0 bridgehead atoms. The van der Waals surface area contributed by atoms with Gasteiger partial charge in [0.1, 0.15) is 6.04 Å². The second-order valence-corrected chi connectivity index (χ2v) is 10.0. The van der Waals surface area contributed by atoms with Crippen LogP contribution in [0.4, 0.5) is 20.2 Å². The third-order valence-electron chi connectivity index (χ3n) is 5.62. The Hall–Kier alpha value is -3.01. The second kappa shape index (κ2) is 10.3. The predicted octanol–water partition coefficient (Wildman–Crippen LogP) is 3.82. The summed E-state index contributed by atoms with van der Waals surface area (Å²) in [5, 5.41) is 5.59. The van der Waals surface area contributed by atoms with Crippen LogP contribution in [0, 0.1) is 11.6 Å². The summed E-state index contributed by atoms with van der Waals surface area (Å²) in [5.74, 6) is -3.44. The average molecular weight is 480 g/mol. The van der Waals surface area contributed by atoms with E-state index in [0.717, 1.165) is 50.5 Å². The van der Waals surface area contributed by atoms with Gasteiger partial charge in [-0.2, -0.15) is 0 Å². The van der Waals surface area contributed by atoms with Gasteiger partial charge in [0.15, 0.2) is 11.6 Å². The van der Waals surface area contributed by atoms with Crippen molar-refractivity contribution in [1.29, 1.82) is 0 Å². The van der Waals surface area contributed by atoms with Gasteiger partial charge in [-0.05, 0) is 44.0 Å². The van der Waals surface area contributed by atoms with E-state index in [2.05, 4.69) is 10.6 Å². The van der Waals surface area contributed by atoms with Crippen molar-refractivity contribution in [2.45, 2.75) is 51.1 Å². The maximum atomic E-state index is 13.7. The summed E-state index contributed by atoms with van der Waals surface area (Å²) in [6.45, 7) is 1.32. The van der Waals surface area contributed by atoms with Crippen LogP contribution in [0.15, 0.2) is 42.5 Å². The van der Waals surface area contributed by atoms with Crippen LogP contribution < -0.4 is 14.9 Å². The Bertz CT molecular complexity index is 1130. The van der Waals surface area contributed by atoms with E-state index in [0.29, 0.717) is 10.4 Å². The molecule has 2 N–H and O–H groups in total. The van der Waals surface area contributed by atoms with Gasteiger partial charge in [0.05, 0.1) is 23.2 Å². The van der Waals surface area contributed by atoms with Gasteiger partial charge < -0.3 is 10.6 Å². The van der Waals surface area contributed by atoms with Crippen molar-refractivity contribution in [1.82, 2.24) is 5.32 Å². The summed E-state index contributed by atoms with van der Waals surface area (Å²) in [5.41, 5.74) is 0.283. The van der Waals surface area contributed by atoms with E-state index in [1.165, 1.54) is 6.92 Å². The van der Waals surface area contributed by atoms with Gasteiger partial charge in [-0.15, -0.1) is 0 Å². The molecule has 0 saturated heterocycles. The standard InChI is InChI=1S/C23H27F2N3O4S/c1-15(28(33(2,31)32)17-12-13-19(24)20(25)14-17)22(29)27-21-11-7-6-10-18(21)23(30)26-16-8-4-3-5-9-16/h6-7,10-16H,3-5,8-9H2,1-2H3,(H,26,30)(H,27,29)/t15-/m1/s1. The molecule has 2 aromatic rings. The maximum absolute atomic E-state index is 13.7. The lowest BCUT2D eigenvalue weighted by Gasteiger charge is -2.28. The fraction of sp³-hybridized carbons (Fsp3) is 0.391. The molecule has 0 unspecified atom stereocenters. The monoisotopic (exact) mass is 479 g/mol. The van der Waals surface area contributed by atoms with E-state index in [1.807, 2.05) is 0 Å². The molecule has 0 aromatic heterocycles. The number of nitrogens with zero attached hydrogens (tertiary/aromatic N) is 1. The van der Waals surface area contributed by atoms with E-state index < -0.39 is 33.6 Å². The Morgan fingerprint density at radius 3 is 2.33 bits per heavy atom. The summed E-state index contributed by atoms with van der Waals surface area (Å²) in [4.78, 5) is 25.8. The van der Waals surface area contributed by atoms with Gasteiger partial charge in [0.25, 0.3) is 5.91 Å². The Labute approximate surface area is 192 Å². The van der Waals surface area contributed by atoms with E-state index in [4.69, 9.17) is 0 Å². The third-order valence-corrected chi connectivity index (χ3v) is 6.86. The predicted molar refractivity (Wildman–Crippen MR) is 123 cm³/mol. The molecule has 178 valence electrons. The Morgan fingerprint density at radius 2 is 1.70 bits per heavy atom. The van der Waals surface area contributed by atoms with Crippen molar-refractivity contribution >= 4 is 33.2 Å². The number of anilines is 2. The smallest absolute Gasteiger partial charge is 0.253 e. The van der Waals surface area contributed by atoms with Crippen LogP contribution in [0.25, 0.3) is 0 Å². The van der Waals surface area contributed by atoms with E-state index >= 15 is 0 Å². The number of sulfonamides is 1. The molecule has 3 rings (SSSR count). The van der Waals surface area contributed by atoms with Crippen LogP contribution in [0.3, 0.4) is 0 Å². The molecule has 0 aliphatic heterocycles. The first-order valence-corrected chi connectivity index (χ1v) is 12.6. The zero-order valence-corrected chi connectivity index (χ0v) is 19.3. The van der Waals surface area contributed by atoms with Crippen LogP contribution in [0.5, 0.6) is 0 Å². The van der Waals surface area contributed by atoms with Gasteiger partial charge >= 0.3 is 0 Å². The molecular weight excluding hydrogens is 452 g/mol. The highest BCUT2D eigenvalue weighted by Gasteiger charge is 2.30. The fourth-order valence-corrected chi connectivity index (χ4v) is 5.13. The van der Waals surface area contributed by atoms with Gasteiger partial charge in [0, 0.05) is 12.1 Å². The van der Waals surface area contributed by atoms with Crippen molar-refractivity contribution in [3.8, 4) is 0 Å². The maximum Gasteiger partial charge on any atom is 0.253 e. The number of hydrogen-bond donors (Lipinski definition) is 2. The molecule has 0 spiro atoms. The molecule has 1 aliphatic rings. The van der Waals surface area contributed by atoms with Crippen LogP contribution in [-0.2, 0) is 14.8 Å². The van der Waals surface area contributed by atoms with Crippen molar-refractivity contribution in [2.75, 3.05) is 15.9 Å². The van der Waals surface area contributed by atoms with E-state index in [-0.39, 0.29) is 28.9 Å². The summed E-state index contributed by atoms with van der Waals surface area (Å²) >= 11 is 0. The minimum atomic E-state index is -4.03. The lowest BCUT2D eigenvalue weighted by Crippen LogP contribution is -2.45. The van der Waals surface area contributed by atoms with Crippen molar-refractivity contribution < 1.29 is 26.8 Å². The fourth-order valence-electron chi connectivity index (χ4n) is 3.97. The Balaban J connectivity index is 1.82. The molecule has 0 heterocycles. The number of rotatable bonds is 7. The summed E-state index contributed by atoms with van der Waals surface area (Å²) < 4.78 is 52.5. The largest absolute Gasteiger partial charge is 0.349 e. The SMILES string of the molecule is C[C@H](C(=O)Nc1ccccc1C(=O)NC1CCCCC1)N(c1ccc(F)c(F)c1)S(C)(=O)=O. The number of hydrogen-bond acceptors (Lipinski definition) is 4. The average Bonchev–Trinajstić information content (AvgIpc) is 2.76. The summed E-state index contributed by atoms with van der Waals surface area (Å²) in [6.07, 6.45) is 5.90. The first-order valence-electron chi connectivity index (χ1n) is 10.7. The molecular formula is C23H27F2N3O4S. The quantitative estimate of drug-likeness (QED) is 0.631. The molecule has 7 nitrogen and oxygen atoms in total. The number of halogens is 2. The van der Waals surface area contributed by atoms with Gasteiger partial charge in [0.2, 0.25) is 15.9 Å². The first kappa shape index (κ1) is 24.6.